The maximum atomic E-state index is 5.74. The van der Waals surface area contributed by atoms with Crippen molar-refractivity contribution in [3.05, 3.63) is 23.8 Å². The topological polar surface area (TPSA) is 54.7 Å². The molecule has 17 heavy (non-hydrogen) atoms. The van der Waals surface area contributed by atoms with Crippen molar-refractivity contribution in [1.82, 2.24) is 9.97 Å². The minimum atomic E-state index is 0.513. The number of nitrogens with one attached hydrogen (secondary N) is 1. The van der Waals surface area contributed by atoms with Crippen LogP contribution in [-0.2, 0) is 0 Å². The Balaban J connectivity index is 2.44. The van der Waals surface area contributed by atoms with E-state index in [0.717, 1.165) is 11.0 Å². The first kappa shape index (κ1) is 12.0. The van der Waals surface area contributed by atoms with Crippen LogP contribution in [0.15, 0.2) is 18.2 Å². The summed E-state index contributed by atoms with van der Waals surface area (Å²) in [6.07, 6.45) is 4.86. The summed E-state index contributed by atoms with van der Waals surface area (Å²) >= 11 is 0. The number of nitrogens with two attached hydrogens (primary N) is 1. The molecule has 0 saturated heterocycles. The van der Waals surface area contributed by atoms with E-state index in [4.69, 9.17) is 5.73 Å². The normalized spacial score (nSPS) is 11.5. The molecule has 0 aliphatic heterocycles. The molecule has 1 heterocycles. The molecule has 0 spiro atoms. The summed E-state index contributed by atoms with van der Waals surface area (Å²) in [5, 5.41) is 0. The summed E-state index contributed by atoms with van der Waals surface area (Å²) in [7, 11) is 0. The van der Waals surface area contributed by atoms with E-state index in [-0.39, 0.29) is 0 Å². The summed E-state index contributed by atoms with van der Waals surface area (Å²) in [6, 6.07) is 6.32. The van der Waals surface area contributed by atoms with Gasteiger partial charge in [-0.2, -0.15) is 0 Å². The number of hydrogen-bond acceptors (Lipinski definition) is 2. The van der Waals surface area contributed by atoms with E-state index >= 15 is 0 Å². The first-order valence-electron chi connectivity index (χ1n) is 6.50. The Kier molecular flexibility index (Phi) is 3.67. The van der Waals surface area contributed by atoms with Gasteiger partial charge in [0.1, 0.15) is 0 Å². The van der Waals surface area contributed by atoms with E-state index in [9.17, 15) is 0 Å². The third kappa shape index (κ3) is 2.43. The van der Waals surface area contributed by atoms with E-state index in [2.05, 4.69) is 35.9 Å². The molecule has 0 aliphatic rings. The van der Waals surface area contributed by atoms with Crippen LogP contribution in [0, 0.1) is 0 Å². The highest BCUT2D eigenvalue weighted by Crippen LogP contribution is 2.31. The predicted octanol–water partition coefficient (Wildman–Crippen LogP) is 3.83. The highest BCUT2D eigenvalue weighted by molar-refractivity contribution is 5.81. The molecular formula is C14H21N3. The Labute approximate surface area is 102 Å². The predicted molar refractivity (Wildman–Crippen MR) is 73.1 cm³/mol. The number of para-hydroxylation sites is 1. The highest BCUT2D eigenvalue weighted by atomic mass is 15.0. The molecule has 0 saturated carbocycles. The van der Waals surface area contributed by atoms with Crippen molar-refractivity contribution in [3.63, 3.8) is 0 Å². The Hall–Kier alpha value is -1.51. The molecular weight excluding hydrogens is 210 g/mol. The fourth-order valence-electron chi connectivity index (χ4n) is 2.56. The van der Waals surface area contributed by atoms with Gasteiger partial charge < -0.3 is 10.7 Å². The van der Waals surface area contributed by atoms with E-state index in [1.165, 1.54) is 31.2 Å². The van der Waals surface area contributed by atoms with Gasteiger partial charge in [0, 0.05) is 0 Å². The van der Waals surface area contributed by atoms with Gasteiger partial charge in [0.05, 0.1) is 11.0 Å². The lowest BCUT2D eigenvalue weighted by Gasteiger charge is -2.16. The molecule has 0 atom stereocenters. The second kappa shape index (κ2) is 5.21. The zero-order valence-corrected chi connectivity index (χ0v) is 10.7. The van der Waals surface area contributed by atoms with Crippen molar-refractivity contribution in [2.75, 3.05) is 5.73 Å². The number of hydrogen-bond donors (Lipinski definition) is 2. The molecule has 92 valence electrons. The van der Waals surface area contributed by atoms with Gasteiger partial charge in [-0.1, -0.05) is 38.8 Å². The van der Waals surface area contributed by atoms with Crippen LogP contribution < -0.4 is 5.73 Å². The smallest absolute Gasteiger partial charge is 0.198 e. The van der Waals surface area contributed by atoms with Crippen molar-refractivity contribution >= 4 is 17.0 Å². The number of nitrogen functional groups attached to an aromatic ring is 1. The largest absolute Gasteiger partial charge is 0.369 e. The Morgan fingerprint density at radius 1 is 1.24 bits per heavy atom. The lowest BCUT2D eigenvalue weighted by atomic mass is 9.89. The number of aromatic nitrogens is 2. The molecule has 2 aromatic rings. The van der Waals surface area contributed by atoms with Crippen LogP contribution in [0.25, 0.3) is 11.0 Å². The van der Waals surface area contributed by atoms with Crippen molar-refractivity contribution < 1.29 is 0 Å². The molecule has 2 rings (SSSR count). The lowest BCUT2D eigenvalue weighted by Crippen LogP contribution is -1.99. The van der Waals surface area contributed by atoms with Gasteiger partial charge in [0.15, 0.2) is 5.95 Å². The zero-order valence-electron chi connectivity index (χ0n) is 10.7. The van der Waals surface area contributed by atoms with Gasteiger partial charge in [0.2, 0.25) is 0 Å². The maximum Gasteiger partial charge on any atom is 0.198 e. The van der Waals surface area contributed by atoms with E-state index in [0.29, 0.717) is 11.9 Å². The van der Waals surface area contributed by atoms with E-state index < -0.39 is 0 Å². The molecule has 0 amide bonds. The third-order valence-electron chi connectivity index (χ3n) is 3.28. The van der Waals surface area contributed by atoms with Crippen molar-refractivity contribution in [1.29, 1.82) is 0 Å². The van der Waals surface area contributed by atoms with E-state index in [1.54, 1.807) is 0 Å². The molecule has 0 radical (unpaired) electrons. The molecule has 0 bridgehead atoms. The Morgan fingerprint density at radius 2 is 1.94 bits per heavy atom. The van der Waals surface area contributed by atoms with Gasteiger partial charge in [-0.3, -0.25) is 0 Å². The number of rotatable bonds is 5. The number of benzene rings is 1. The number of nitrogens with zero attached hydrogens (tertiary/aromatic N) is 1. The molecule has 3 heteroatoms. The fraction of sp³-hybridized carbons (Fsp3) is 0.500. The number of imidazole rings is 1. The van der Waals surface area contributed by atoms with Crippen molar-refractivity contribution in [3.8, 4) is 0 Å². The molecule has 1 aromatic carbocycles. The average molecular weight is 231 g/mol. The number of anilines is 1. The van der Waals surface area contributed by atoms with Crippen LogP contribution in [0.2, 0.25) is 0 Å². The van der Waals surface area contributed by atoms with Crippen LogP contribution in [0.1, 0.15) is 51.0 Å². The monoisotopic (exact) mass is 231 g/mol. The highest BCUT2D eigenvalue weighted by Gasteiger charge is 2.14. The molecule has 0 aliphatic carbocycles. The molecule has 3 nitrogen and oxygen atoms in total. The summed E-state index contributed by atoms with van der Waals surface area (Å²) < 4.78 is 0. The Bertz CT molecular complexity index is 481. The molecule has 1 aromatic heterocycles. The standard InChI is InChI=1S/C14H21N3/c1-3-6-10(7-4-2)11-8-5-9-12-13(11)17-14(15)16-12/h5,8-10H,3-4,6-7H2,1-2H3,(H3,15,16,17). The van der Waals surface area contributed by atoms with Gasteiger partial charge in [-0.25, -0.2) is 4.98 Å². The zero-order chi connectivity index (χ0) is 12.3. The second-order valence-corrected chi connectivity index (χ2v) is 4.64. The van der Waals surface area contributed by atoms with Gasteiger partial charge >= 0.3 is 0 Å². The summed E-state index contributed by atoms with van der Waals surface area (Å²) in [5.41, 5.74) is 9.19. The second-order valence-electron chi connectivity index (χ2n) is 4.64. The average Bonchev–Trinajstić information content (AvgIpc) is 2.68. The van der Waals surface area contributed by atoms with Crippen LogP contribution in [0.5, 0.6) is 0 Å². The van der Waals surface area contributed by atoms with Crippen LogP contribution in [0.3, 0.4) is 0 Å². The quantitative estimate of drug-likeness (QED) is 0.821. The van der Waals surface area contributed by atoms with Crippen molar-refractivity contribution in [2.24, 2.45) is 0 Å². The van der Waals surface area contributed by atoms with Gasteiger partial charge in [0.25, 0.3) is 0 Å². The molecule has 0 fully saturated rings. The minimum Gasteiger partial charge on any atom is -0.369 e. The summed E-state index contributed by atoms with van der Waals surface area (Å²) in [5.74, 6) is 1.12. The lowest BCUT2D eigenvalue weighted by molar-refractivity contribution is 0.563. The molecule has 3 N–H and O–H groups in total. The van der Waals surface area contributed by atoms with Gasteiger partial charge in [-0.05, 0) is 30.4 Å². The fourth-order valence-corrected chi connectivity index (χ4v) is 2.56. The molecule has 0 unspecified atom stereocenters. The number of fused-ring (bicyclic) bond motifs is 1. The number of aromatic amines is 1. The maximum absolute atomic E-state index is 5.74. The van der Waals surface area contributed by atoms with Crippen molar-refractivity contribution in [2.45, 2.75) is 45.4 Å². The number of H-pyrrole nitrogens is 1. The van der Waals surface area contributed by atoms with Crippen LogP contribution in [0.4, 0.5) is 5.95 Å². The van der Waals surface area contributed by atoms with E-state index in [1.807, 2.05) is 6.07 Å². The minimum absolute atomic E-state index is 0.513. The van der Waals surface area contributed by atoms with Crippen LogP contribution >= 0.6 is 0 Å². The summed E-state index contributed by atoms with van der Waals surface area (Å²) in [4.78, 5) is 7.53. The Morgan fingerprint density at radius 3 is 2.59 bits per heavy atom. The SMILES string of the molecule is CCCC(CCC)c1cccc2[nH]c(N)nc12. The summed E-state index contributed by atoms with van der Waals surface area (Å²) in [6.45, 7) is 4.48. The van der Waals surface area contributed by atoms with Gasteiger partial charge in [-0.15, -0.1) is 0 Å². The first-order chi connectivity index (χ1) is 8.26. The third-order valence-corrected chi connectivity index (χ3v) is 3.28. The first-order valence-corrected chi connectivity index (χ1v) is 6.50. The van der Waals surface area contributed by atoms with Crippen LogP contribution in [-0.4, -0.2) is 9.97 Å².